The molecule has 1 amide bonds. The molecule has 1 aliphatic rings. The highest BCUT2D eigenvalue weighted by molar-refractivity contribution is 9.10. The molecule has 0 bridgehead atoms. The Kier molecular flexibility index (Phi) is 3.52. The van der Waals surface area contributed by atoms with Crippen LogP contribution in [-0.2, 0) is 4.79 Å². The van der Waals surface area contributed by atoms with Gasteiger partial charge in [-0.15, -0.1) is 0 Å². The van der Waals surface area contributed by atoms with Crippen molar-refractivity contribution in [3.8, 4) is 0 Å². The lowest BCUT2D eigenvalue weighted by Crippen LogP contribution is -2.36. The number of hydrogen-bond acceptors (Lipinski definition) is 2. The fraction of sp³-hybridized carbons (Fsp3) is 0.364. The molecule has 0 aromatic heterocycles. The molecule has 86 valence electrons. The summed E-state index contributed by atoms with van der Waals surface area (Å²) in [6, 6.07) is 5.46. The van der Waals surface area contributed by atoms with Crippen LogP contribution in [0.2, 0.25) is 5.02 Å². The van der Waals surface area contributed by atoms with Crippen LogP contribution in [0.5, 0.6) is 0 Å². The maximum absolute atomic E-state index is 12.0. The second kappa shape index (κ2) is 4.73. The second-order valence-corrected chi connectivity index (χ2v) is 4.89. The lowest BCUT2D eigenvalue weighted by atomic mass is 10.2. The number of carbonyl (C=O) groups excluding carboxylic acids is 1. The zero-order chi connectivity index (χ0) is 11.7. The summed E-state index contributed by atoms with van der Waals surface area (Å²) in [5.41, 5.74) is 0.843. The summed E-state index contributed by atoms with van der Waals surface area (Å²) in [6.07, 6.45) is 0.828. The van der Waals surface area contributed by atoms with E-state index in [9.17, 15) is 4.79 Å². The summed E-state index contributed by atoms with van der Waals surface area (Å²) in [6.45, 7) is 0.725. The smallest absolute Gasteiger partial charge is 0.244 e. The van der Waals surface area contributed by atoms with Gasteiger partial charge in [-0.2, -0.15) is 0 Å². The number of likely N-dealkylation sites (N-methyl/N-ethyl adjacent to an activating group) is 1. The van der Waals surface area contributed by atoms with Gasteiger partial charge in [-0.3, -0.25) is 4.79 Å². The van der Waals surface area contributed by atoms with E-state index in [-0.39, 0.29) is 11.9 Å². The molecule has 1 heterocycles. The lowest BCUT2D eigenvalue weighted by molar-refractivity contribution is -0.118. The number of halogens is 2. The van der Waals surface area contributed by atoms with Crippen molar-refractivity contribution in [2.75, 3.05) is 18.5 Å². The average molecular weight is 304 g/mol. The highest BCUT2D eigenvalue weighted by Crippen LogP contribution is 2.34. The van der Waals surface area contributed by atoms with Crippen molar-refractivity contribution in [3.05, 3.63) is 27.7 Å². The minimum absolute atomic E-state index is 0.0779. The summed E-state index contributed by atoms with van der Waals surface area (Å²) in [5.74, 6) is 0.102. The Morgan fingerprint density at radius 1 is 1.56 bits per heavy atom. The Labute approximate surface area is 108 Å². The third-order valence-electron chi connectivity index (χ3n) is 2.78. The van der Waals surface area contributed by atoms with Crippen LogP contribution in [0.4, 0.5) is 5.69 Å². The summed E-state index contributed by atoms with van der Waals surface area (Å²) < 4.78 is 0.779. The minimum Gasteiger partial charge on any atom is -0.310 e. The van der Waals surface area contributed by atoms with Crippen LogP contribution in [0.15, 0.2) is 22.7 Å². The fourth-order valence-electron chi connectivity index (χ4n) is 1.89. The van der Waals surface area contributed by atoms with Crippen molar-refractivity contribution in [2.24, 2.45) is 0 Å². The van der Waals surface area contributed by atoms with Gasteiger partial charge in [0.15, 0.2) is 0 Å². The SMILES string of the molecule is CNC1CCN(c2cccc(Cl)c2Br)C1=O. The van der Waals surface area contributed by atoms with E-state index in [4.69, 9.17) is 11.6 Å². The molecule has 0 spiro atoms. The summed E-state index contributed by atoms with van der Waals surface area (Å²) in [5, 5.41) is 3.63. The number of anilines is 1. The van der Waals surface area contributed by atoms with Crippen LogP contribution >= 0.6 is 27.5 Å². The van der Waals surface area contributed by atoms with Gasteiger partial charge >= 0.3 is 0 Å². The van der Waals surface area contributed by atoms with Crippen molar-refractivity contribution < 1.29 is 4.79 Å². The molecule has 1 saturated heterocycles. The molecule has 2 rings (SSSR count). The summed E-state index contributed by atoms with van der Waals surface area (Å²) >= 11 is 9.42. The van der Waals surface area contributed by atoms with Crippen LogP contribution in [0.1, 0.15) is 6.42 Å². The zero-order valence-electron chi connectivity index (χ0n) is 8.84. The molecular formula is C11H12BrClN2O. The van der Waals surface area contributed by atoms with Gasteiger partial charge < -0.3 is 10.2 Å². The van der Waals surface area contributed by atoms with Crippen molar-refractivity contribution in [1.82, 2.24) is 5.32 Å². The molecule has 1 unspecified atom stereocenters. The quantitative estimate of drug-likeness (QED) is 0.910. The first-order valence-corrected chi connectivity index (χ1v) is 6.25. The molecule has 3 nitrogen and oxygen atoms in total. The van der Waals surface area contributed by atoms with Crippen LogP contribution in [-0.4, -0.2) is 25.5 Å². The van der Waals surface area contributed by atoms with E-state index in [1.807, 2.05) is 12.1 Å². The van der Waals surface area contributed by atoms with Crippen LogP contribution in [0.25, 0.3) is 0 Å². The first-order valence-electron chi connectivity index (χ1n) is 5.08. The molecule has 0 saturated carbocycles. The number of nitrogens with one attached hydrogen (secondary N) is 1. The van der Waals surface area contributed by atoms with Crippen LogP contribution in [0, 0.1) is 0 Å². The van der Waals surface area contributed by atoms with Gasteiger partial charge in [0.2, 0.25) is 5.91 Å². The number of amides is 1. The number of hydrogen-bond donors (Lipinski definition) is 1. The zero-order valence-corrected chi connectivity index (χ0v) is 11.2. The number of benzene rings is 1. The maximum atomic E-state index is 12.0. The number of nitrogens with zero attached hydrogens (tertiary/aromatic N) is 1. The Bertz CT molecular complexity index is 424. The van der Waals surface area contributed by atoms with Crippen molar-refractivity contribution in [2.45, 2.75) is 12.5 Å². The molecule has 5 heteroatoms. The van der Waals surface area contributed by atoms with Gasteiger partial charge in [0.25, 0.3) is 0 Å². The first-order chi connectivity index (χ1) is 7.65. The van der Waals surface area contributed by atoms with Gasteiger partial charge in [-0.25, -0.2) is 0 Å². The molecule has 16 heavy (non-hydrogen) atoms. The predicted molar refractivity (Wildman–Crippen MR) is 69.0 cm³/mol. The van der Waals surface area contributed by atoms with Gasteiger partial charge in [-0.1, -0.05) is 17.7 Å². The molecule has 1 aromatic carbocycles. The lowest BCUT2D eigenvalue weighted by Gasteiger charge is -2.18. The van der Waals surface area contributed by atoms with E-state index in [1.165, 1.54) is 0 Å². The van der Waals surface area contributed by atoms with E-state index < -0.39 is 0 Å². The molecular weight excluding hydrogens is 291 g/mol. The fourth-order valence-corrected chi connectivity index (χ4v) is 2.54. The van der Waals surface area contributed by atoms with Crippen LogP contribution < -0.4 is 10.2 Å². The second-order valence-electron chi connectivity index (χ2n) is 3.69. The van der Waals surface area contributed by atoms with E-state index >= 15 is 0 Å². The van der Waals surface area contributed by atoms with Crippen molar-refractivity contribution in [3.63, 3.8) is 0 Å². The third-order valence-corrected chi connectivity index (χ3v) is 4.15. The average Bonchev–Trinajstić information content (AvgIpc) is 2.64. The Morgan fingerprint density at radius 2 is 2.31 bits per heavy atom. The normalized spacial score (nSPS) is 20.6. The maximum Gasteiger partial charge on any atom is 0.244 e. The standard InChI is InChI=1S/C11H12BrClN2O/c1-14-8-5-6-15(11(8)16)9-4-2-3-7(13)10(9)12/h2-4,8,14H,5-6H2,1H3. The summed E-state index contributed by atoms with van der Waals surface area (Å²) in [7, 11) is 1.80. The Morgan fingerprint density at radius 3 is 2.94 bits per heavy atom. The van der Waals surface area contributed by atoms with E-state index in [0.717, 1.165) is 23.1 Å². The molecule has 1 atom stereocenters. The number of carbonyl (C=O) groups is 1. The van der Waals surface area contributed by atoms with Crippen molar-refractivity contribution in [1.29, 1.82) is 0 Å². The molecule has 0 radical (unpaired) electrons. The largest absolute Gasteiger partial charge is 0.310 e. The molecule has 1 fully saturated rings. The highest BCUT2D eigenvalue weighted by Gasteiger charge is 2.32. The van der Waals surface area contributed by atoms with Crippen molar-refractivity contribution >= 4 is 39.1 Å². The van der Waals surface area contributed by atoms with Gasteiger partial charge in [0, 0.05) is 6.54 Å². The van der Waals surface area contributed by atoms with E-state index in [2.05, 4.69) is 21.2 Å². The van der Waals surface area contributed by atoms with Gasteiger partial charge in [-0.05, 0) is 41.5 Å². The molecule has 1 N–H and O–H groups in total. The number of rotatable bonds is 2. The van der Waals surface area contributed by atoms with Gasteiger partial charge in [0.1, 0.15) is 0 Å². The molecule has 1 aliphatic heterocycles. The van der Waals surface area contributed by atoms with E-state index in [0.29, 0.717) is 5.02 Å². The third kappa shape index (κ3) is 1.97. The first kappa shape index (κ1) is 11.9. The highest BCUT2D eigenvalue weighted by atomic mass is 79.9. The van der Waals surface area contributed by atoms with Crippen LogP contribution in [0.3, 0.4) is 0 Å². The Balaban J connectivity index is 2.32. The molecule has 1 aromatic rings. The van der Waals surface area contributed by atoms with E-state index in [1.54, 1.807) is 18.0 Å². The minimum atomic E-state index is -0.0779. The molecule has 0 aliphatic carbocycles. The summed E-state index contributed by atoms with van der Waals surface area (Å²) in [4.78, 5) is 13.8. The monoisotopic (exact) mass is 302 g/mol. The Hall–Kier alpha value is -0.580. The topological polar surface area (TPSA) is 32.3 Å². The predicted octanol–water partition coefficient (Wildman–Crippen LogP) is 2.43. The van der Waals surface area contributed by atoms with Gasteiger partial charge in [0.05, 0.1) is 21.2 Å².